The molecule has 1 aliphatic heterocycles. The topological polar surface area (TPSA) is 61.8 Å². The number of rotatable bonds is 8. The number of allylic oxidation sites excluding steroid dienone is 1. The monoisotopic (exact) mass is 634 g/mol. The zero-order chi connectivity index (χ0) is 32.2. The fourth-order valence-corrected chi connectivity index (χ4v) is 8.00. The van der Waals surface area contributed by atoms with E-state index in [-0.39, 0.29) is 24.0 Å². The minimum atomic E-state index is -1.15. The predicted molar refractivity (Wildman–Crippen MR) is 179 cm³/mol. The van der Waals surface area contributed by atoms with E-state index in [1.54, 1.807) is 0 Å². The third kappa shape index (κ3) is 7.96. The van der Waals surface area contributed by atoms with Crippen LogP contribution in [0.3, 0.4) is 0 Å². The van der Waals surface area contributed by atoms with Crippen molar-refractivity contribution in [3.05, 3.63) is 76.8 Å². The van der Waals surface area contributed by atoms with Gasteiger partial charge in [0.05, 0.1) is 0 Å². The van der Waals surface area contributed by atoms with E-state index in [4.69, 9.17) is 25.8 Å². The lowest BCUT2D eigenvalue weighted by Crippen LogP contribution is -2.48. The molecule has 0 aromatic heterocycles. The first-order valence-corrected chi connectivity index (χ1v) is 17.5. The van der Waals surface area contributed by atoms with Gasteiger partial charge in [-0.05, 0) is 85.0 Å². The van der Waals surface area contributed by atoms with Gasteiger partial charge in [0.1, 0.15) is 23.9 Å². The van der Waals surface area contributed by atoms with Crippen LogP contribution in [0.1, 0.15) is 97.1 Å². The van der Waals surface area contributed by atoms with Crippen LogP contribution in [-0.2, 0) is 23.8 Å². The molecule has 45 heavy (non-hydrogen) atoms. The summed E-state index contributed by atoms with van der Waals surface area (Å²) in [6, 6.07) is 17.3. The van der Waals surface area contributed by atoms with Crippen LogP contribution in [0.15, 0.2) is 60.7 Å². The average Bonchev–Trinajstić information content (AvgIpc) is 3.01. The summed E-state index contributed by atoms with van der Waals surface area (Å²) in [6.07, 6.45) is 6.34. The van der Waals surface area contributed by atoms with Crippen molar-refractivity contribution in [2.24, 2.45) is 41.4 Å². The van der Waals surface area contributed by atoms with E-state index >= 15 is 0 Å². The lowest BCUT2D eigenvalue weighted by molar-refractivity contribution is -0.180. The Kier molecular flexibility index (Phi) is 11.0. The van der Waals surface area contributed by atoms with Gasteiger partial charge in [0.15, 0.2) is 0 Å². The van der Waals surface area contributed by atoms with Crippen molar-refractivity contribution >= 4 is 29.3 Å². The van der Waals surface area contributed by atoms with Crippen LogP contribution in [0, 0.1) is 41.4 Å². The molecule has 0 unspecified atom stereocenters. The van der Waals surface area contributed by atoms with Gasteiger partial charge in [-0.25, -0.2) is 4.79 Å². The van der Waals surface area contributed by atoms with Gasteiger partial charge >= 0.3 is 11.9 Å². The molecule has 0 bridgehead atoms. The van der Waals surface area contributed by atoms with Gasteiger partial charge in [-0.2, -0.15) is 0 Å². The summed E-state index contributed by atoms with van der Waals surface area (Å²) in [5, 5.41) is 0.607. The van der Waals surface area contributed by atoms with Gasteiger partial charge in [-0.1, -0.05) is 108 Å². The molecule has 9 atom stereocenters. The normalized spacial score (nSPS) is 32.0. The molecular weight excluding hydrogens is 584 g/mol. The third-order valence-corrected chi connectivity index (χ3v) is 10.8. The number of halogens is 1. The lowest BCUT2D eigenvalue weighted by Gasteiger charge is -2.41. The number of esters is 2. The Bertz CT molecular complexity index is 1320. The van der Waals surface area contributed by atoms with Crippen LogP contribution in [0.4, 0.5) is 0 Å². The molecule has 2 aromatic carbocycles. The zero-order valence-corrected chi connectivity index (χ0v) is 28.5. The number of hydrogen-bond donors (Lipinski definition) is 0. The highest BCUT2D eigenvalue weighted by atomic mass is 35.5. The minimum absolute atomic E-state index is 0.201. The Morgan fingerprint density at radius 3 is 1.82 bits per heavy atom. The first-order chi connectivity index (χ1) is 21.5. The molecule has 0 amide bonds. The third-order valence-electron chi connectivity index (χ3n) is 10.6. The van der Waals surface area contributed by atoms with Crippen molar-refractivity contribution in [3.63, 3.8) is 0 Å². The Morgan fingerprint density at radius 2 is 1.29 bits per heavy atom. The fourth-order valence-electron chi connectivity index (χ4n) is 7.87. The summed E-state index contributed by atoms with van der Waals surface area (Å²) in [6.45, 7) is 13.2. The van der Waals surface area contributed by atoms with Gasteiger partial charge in [0, 0.05) is 16.5 Å². The van der Waals surface area contributed by atoms with Crippen molar-refractivity contribution in [1.29, 1.82) is 0 Å². The molecule has 1 heterocycles. The summed E-state index contributed by atoms with van der Waals surface area (Å²) in [4.78, 5) is 28.9. The Morgan fingerprint density at radius 1 is 0.756 bits per heavy atom. The molecule has 6 heteroatoms. The van der Waals surface area contributed by atoms with Crippen molar-refractivity contribution in [1.82, 2.24) is 0 Å². The Labute approximate surface area is 275 Å². The first-order valence-electron chi connectivity index (χ1n) is 17.1. The number of hydrogen-bond acceptors (Lipinski definition) is 5. The largest absolute Gasteiger partial charge is 0.477 e. The van der Waals surface area contributed by atoms with Gasteiger partial charge in [0.2, 0.25) is 6.10 Å². The Balaban J connectivity index is 1.54. The first kappa shape index (κ1) is 33.6. The van der Waals surface area contributed by atoms with Gasteiger partial charge < -0.3 is 14.2 Å². The fraction of sp³-hybridized carbons (Fsp3) is 0.590. The van der Waals surface area contributed by atoms with Crippen LogP contribution in [0.2, 0.25) is 5.02 Å². The molecule has 2 aromatic rings. The highest BCUT2D eigenvalue weighted by molar-refractivity contribution is 6.30. The van der Waals surface area contributed by atoms with Gasteiger partial charge in [-0.3, -0.25) is 4.79 Å². The van der Waals surface area contributed by atoms with Crippen LogP contribution in [-0.4, -0.2) is 30.3 Å². The van der Waals surface area contributed by atoms with Gasteiger partial charge in [0.25, 0.3) is 0 Å². The molecule has 2 aliphatic carbocycles. The molecule has 244 valence electrons. The molecule has 5 nitrogen and oxygen atoms in total. The van der Waals surface area contributed by atoms with Crippen molar-refractivity contribution < 1.29 is 23.8 Å². The second-order valence-electron chi connectivity index (χ2n) is 14.6. The molecule has 3 aliphatic rings. The summed E-state index contributed by atoms with van der Waals surface area (Å²) in [7, 11) is 0. The summed E-state index contributed by atoms with van der Waals surface area (Å²) < 4.78 is 19.4. The summed E-state index contributed by atoms with van der Waals surface area (Å²) in [5.41, 5.74) is 1.72. The minimum Gasteiger partial charge on any atom is -0.477 e. The van der Waals surface area contributed by atoms with Crippen molar-refractivity contribution in [2.45, 2.75) is 104 Å². The molecule has 0 saturated heterocycles. The highest BCUT2D eigenvalue weighted by Crippen LogP contribution is 2.44. The van der Waals surface area contributed by atoms with E-state index in [1.165, 1.54) is 0 Å². The molecule has 0 spiro atoms. The van der Waals surface area contributed by atoms with E-state index in [9.17, 15) is 9.59 Å². The number of carbonyl (C=O) groups excluding carboxylic acids is 2. The molecule has 5 rings (SSSR count). The molecular formula is C39H51ClO5. The van der Waals surface area contributed by atoms with Crippen LogP contribution < -0.4 is 0 Å². The SMILES string of the molecule is CC(C)[C@@H]1CC[C@@H](C)C[C@H]1OC(=O)[C@@H]1[C@H](C(=O)O[C@@H]2C[C@H](C)CC[C@H]2C(C)C)OC(c2ccccc2)=C[C@H]1c1ccc(Cl)cc1. The maximum atomic E-state index is 14.5. The lowest BCUT2D eigenvalue weighted by atomic mass is 9.75. The van der Waals surface area contributed by atoms with Crippen molar-refractivity contribution in [3.8, 4) is 0 Å². The average molecular weight is 635 g/mol. The van der Waals surface area contributed by atoms with E-state index in [0.717, 1.165) is 49.7 Å². The second kappa shape index (κ2) is 14.8. The molecule has 2 fully saturated rings. The highest BCUT2D eigenvalue weighted by Gasteiger charge is 2.49. The van der Waals surface area contributed by atoms with E-state index in [2.05, 4.69) is 41.5 Å². The standard InChI is InChI=1S/C39H51ClO5/c1-23(2)30-18-12-25(5)20-34(30)44-38(41)36-32(27-14-16-29(40)17-15-27)22-33(28-10-8-7-9-11-28)43-37(36)39(42)45-35-21-26(6)13-19-31(35)24(3)4/h7-11,14-17,22-26,30-32,34-37H,12-13,18-21H2,1-6H3/t25-,26-,30+,31+,32+,34-,35-,36+,37-/m1/s1. The maximum absolute atomic E-state index is 14.5. The molecule has 0 radical (unpaired) electrons. The van der Waals surface area contributed by atoms with Crippen LogP contribution >= 0.6 is 11.6 Å². The number of ether oxygens (including phenoxy) is 3. The summed E-state index contributed by atoms with van der Waals surface area (Å²) >= 11 is 6.29. The predicted octanol–water partition coefficient (Wildman–Crippen LogP) is 9.49. The van der Waals surface area contributed by atoms with Crippen molar-refractivity contribution in [2.75, 3.05) is 0 Å². The van der Waals surface area contributed by atoms with E-state index in [0.29, 0.717) is 34.5 Å². The summed E-state index contributed by atoms with van der Waals surface area (Å²) in [5.74, 6) is 0.546. The Hall–Kier alpha value is -2.79. The van der Waals surface area contributed by atoms with E-state index in [1.807, 2.05) is 60.7 Å². The number of carbonyl (C=O) groups is 2. The van der Waals surface area contributed by atoms with E-state index < -0.39 is 29.9 Å². The number of benzene rings is 2. The van der Waals surface area contributed by atoms with Crippen LogP contribution in [0.5, 0.6) is 0 Å². The molecule has 2 saturated carbocycles. The second-order valence-corrected chi connectivity index (χ2v) is 15.1. The van der Waals surface area contributed by atoms with Crippen LogP contribution in [0.25, 0.3) is 5.76 Å². The quantitative estimate of drug-likeness (QED) is 0.271. The maximum Gasteiger partial charge on any atom is 0.348 e. The zero-order valence-electron chi connectivity index (χ0n) is 27.8. The molecule has 0 N–H and O–H groups in total. The van der Waals surface area contributed by atoms with Gasteiger partial charge in [-0.15, -0.1) is 0 Å². The smallest absolute Gasteiger partial charge is 0.348 e.